The van der Waals surface area contributed by atoms with E-state index in [0.29, 0.717) is 25.8 Å². The van der Waals surface area contributed by atoms with E-state index in [1.807, 2.05) is 0 Å². The molecule has 0 aliphatic heterocycles. The Morgan fingerprint density at radius 3 is 2.17 bits per heavy atom. The molecule has 0 aromatic rings. The minimum Gasteiger partial charge on any atom is -0.480 e. The Balaban J connectivity index is 4.54. The van der Waals surface area contributed by atoms with Crippen molar-refractivity contribution in [2.45, 2.75) is 51.2 Å². The number of nitrogens with one attached hydrogen (secondary N) is 3. The zero-order valence-electron chi connectivity index (χ0n) is 14.0. The first-order chi connectivity index (χ1) is 11.2. The number of amides is 3. The second-order valence-electron chi connectivity index (χ2n) is 5.48. The van der Waals surface area contributed by atoms with Crippen LogP contribution >= 0.6 is 0 Å². The fraction of sp³-hybridized carbons (Fsp3) is 0.714. The van der Waals surface area contributed by atoms with Gasteiger partial charge in [0.15, 0.2) is 0 Å². The second-order valence-corrected chi connectivity index (χ2v) is 5.48. The maximum atomic E-state index is 12.1. The van der Waals surface area contributed by atoms with Gasteiger partial charge in [0.2, 0.25) is 17.7 Å². The molecule has 0 radical (unpaired) electrons. The third kappa shape index (κ3) is 9.06. The molecule has 0 aliphatic rings. The Morgan fingerprint density at radius 2 is 1.67 bits per heavy atom. The van der Waals surface area contributed by atoms with Crippen LogP contribution in [0.15, 0.2) is 0 Å². The fourth-order valence-electron chi connectivity index (χ4n) is 1.71. The molecule has 0 aliphatic carbocycles. The Morgan fingerprint density at radius 1 is 1.04 bits per heavy atom. The highest BCUT2D eigenvalue weighted by Gasteiger charge is 2.22. The van der Waals surface area contributed by atoms with Crippen LogP contribution in [-0.2, 0) is 19.2 Å². The summed E-state index contributed by atoms with van der Waals surface area (Å²) in [5.41, 5.74) is 10.9. The lowest BCUT2D eigenvalue weighted by Crippen LogP contribution is -2.52. The van der Waals surface area contributed by atoms with Gasteiger partial charge in [-0.3, -0.25) is 19.2 Å². The number of hydrogen-bond acceptors (Lipinski definition) is 6. The molecule has 0 spiro atoms. The molecule has 10 heteroatoms. The van der Waals surface area contributed by atoms with Crippen molar-refractivity contribution >= 4 is 23.7 Å². The van der Waals surface area contributed by atoms with Crippen molar-refractivity contribution in [2.75, 3.05) is 13.1 Å². The zero-order valence-corrected chi connectivity index (χ0v) is 14.0. The third-order valence-corrected chi connectivity index (χ3v) is 3.16. The van der Waals surface area contributed by atoms with Gasteiger partial charge >= 0.3 is 5.97 Å². The lowest BCUT2D eigenvalue weighted by atomic mass is 10.1. The fourth-order valence-corrected chi connectivity index (χ4v) is 1.71. The Bertz CT molecular complexity index is 455. The smallest absolute Gasteiger partial charge is 0.325 e. The number of rotatable bonds is 11. The Hall–Kier alpha value is -2.20. The van der Waals surface area contributed by atoms with Crippen molar-refractivity contribution in [3.05, 3.63) is 0 Å². The molecular weight excluding hydrogens is 318 g/mol. The van der Waals surface area contributed by atoms with Crippen molar-refractivity contribution in [1.29, 1.82) is 0 Å². The lowest BCUT2D eigenvalue weighted by Gasteiger charge is -2.19. The van der Waals surface area contributed by atoms with Crippen LogP contribution in [0.1, 0.15) is 33.1 Å². The lowest BCUT2D eigenvalue weighted by molar-refractivity contribution is -0.141. The van der Waals surface area contributed by atoms with Crippen LogP contribution in [0.2, 0.25) is 0 Å². The molecule has 3 amide bonds. The maximum absolute atomic E-state index is 12.1. The van der Waals surface area contributed by atoms with Gasteiger partial charge < -0.3 is 32.5 Å². The number of nitrogens with two attached hydrogens (primary N) is 2. The molecule has 10 nitrogen and oxygen atoms in total. The van der Waals surface area contributed by atoms with E-state index < -0.39 is 48.4 Å². The van der Waals surface area contributed by atoms with E-state index in [0.717, 1.165) is 0 Å². The molecule has 0 aromatic carbocycles. The van der Waals surface area contributed by atoms with E-state index in [1.54, 1.807) is 0 Å². The molecule has 0 saturated carbocycles. The highest BCUT2D eigenvalue weighted by atomic mass is 16.4. The SMILES string of the molecule is CC(N)C(=O)NC(CCCCN)C(=O)NCC(=O)NC(C)C(=O)O. The summed E-state index contributed by atoms with van der Waals surface area (Å²) in [6.45, 7) is 2.87. The summed E-state index contributed by atoms with van der Waals surface area (Å²) >= 11 is 0. The molecule has 3 atom stereocenters. The van der Waals surface area contributed by atoms with E-state index in [9.17, 15) is 19.2 Å². The molecule has 0 aromatic heterocycles. The summed E-state index contributed by atoms with van der Waals surface area (Å²) in [6.07, 6.45) is 1.67. The quantitative estimate of drug-likeness (QED) is 0.227. The molecule has 0 heterocycles. The number of carbonyl (C=O) groups is 4. The first kappa shape index (κ1) is 21.8. The number of hydrogen-bond donors (Lipinski definition) is 6. The Kier molecular flexibility index (Phi) is 10.3. The monoisotopic (exact) mass is 345 g/mol. The van der Waals surface area contributed by atoms with Crippen molar-refractivity contribution in [1.82, 2.24) is 16.0 Å². The number of unbranched alkanes of at least 4 members (excludes halogenated alkanes) is 1. The molecule has 8 N–H and O–H groups in total. The van der Waals surface area contributed by atoms with Gasteiger partial charge in [-0.25, -0.2) is 0 Å². The second kappa shape index (κ2) is 11.4. The van der Waals surface area contributed by atoms with Crippen LogP contribution in [0.4, 0.5) is 0 Å². The topological polar surface area (TPSA) is 177 Å². The minimum atomic E-state index is -1.18. The van der Waals surface area contributed by atoms with Crippen LogP contribution < -0.4 is 27.4 Å². The third-order valence-electron chi connectivity index (χ3n) is 3.16. The molecule has 0 fully saturated rings. The van der Waals surface area contributed by atoms with E-state index in [-0.39, 0.29) is 0 Å². The molecule has 0 rings (SSSR count). The predicted molar refractivity (Wildman–Crippen MR) is 86.7 cm³/mol. The van der Waals surface area contributed by atoms with E-state index >= 15 is 0 Å². The van der Waals surface area contributed by atoms with Crippen LogP contribution in [0.5, 0.6) is 0 Å². The Labute approximate surface area is 140 Å². The van der Waals surface area contributed by atoms with Crippen LogP contribution in [0, 0.1) is 0 Å². The van der Waals surface area contributed by atoms with Crippen LogP contribution in [0.25, 0.3) is 0 Å². The van der Waals surface area contributed by atoms with Gasteiger partial charge in [-0.05, 0) is 39.7 Å². The molecule has 0 bridgehead atoms. The first-order valence-corrected chi connectivity index (χ1v) is 7.75. The van der Waals surface area contributed by atoms with Crippen LogP contribution in [-0.4, -0.2) is 60.0 Å². The standard InChI is InChI=1S/C14H27N5O5/c1-8(16)12(21)19-10(5-3-4-6-15)13(22)17-7-11(20)18-9(2)14(23)24/h8-10H,3-7,15-16H2,1-2H3,(H,17,22)(H,18,20)(H,19,21)(H,23,24). The summed E-state index contributed by atoms with van der Waals surface area (Å²) < 4.78 is 0. The molecule has 0 saturated heterocycles. The number of carboxylic acids is 1. The van der Waals surface area contributed by atoms with Crippen molar-refractivity contribution in [2.24, 2.45) is 11.5 Å². The van der Waals surface area contributed by atoms with E-state index in [2.05, 4.69) is 16.0 Å². The molecule has 24 heavy (non-hydrogen) atoms. The van der Waals surface area contributed by atoms with Gasteiger partial charge in [0.05, 0.1) is 12.6 Å². The molecule has 3 unspecified atom stereocenters. The zero-order chi connectivity index (χ0) is 18.7. The summed E-state index contributed by atoms with van der Waals surface area (Å²) in [6, 6.07) is -2.66. The average Bonchev–Trinajstić information content (AvgIpc) is 2.51. The average molecular weight is 345 g/mol. The summed E-state index contributed by atoms with van der Waals surface area (Å²) in [5, 5.41) is 15.8. The summed E-state index contributed by atoms with van der Waals surface area (Å²) in [4.78, 5) is 46.0. The van der Waals surface area contributed by atoms with E-state index in [4.69, 9.17) is 16.6 Å². The van der Waals surface area contributed by atoms with Gasteiger partial charge in [0.25, 0.3) is 0 Å². The normalized spacial score (nSPS) is 14.2. The highest BCUT2D eigenvalue weighted by Crippen LogP contribution is 2.01. The number of carboxylic acid groups (broad SMARTS) is 1. The van der Waals surface area contributed by atoms with Crippen molar-refractivity contribution in [3.63, 3.8) is 0 Å². The van der Waals surface area contributed by atoms with E-state index in [1.165, 1.54) is 13.8 Å². The maximum Gasteiger partial charge on any atom is 0.325 e. The van der Waals surface area contributed by atoms with Crippen molar-refractivity contribution in [3.8, 4) is 0 Å². The summed E-state index contributed by atoms with van der Waals surface area (Å²) in [7, 11) is 0. The molecular formula is C14H27N5O5. The first-order valence-electron chi connectivity index (χ1n) is 7.75. The van der Waals surface area contributed by atoms with Gasteiger partial charge in [-0.2, -0.15) is 0 Å². The predicted octanol–water partition coefficient (Wildman–Crippen LogP) is -2.35. The number of carbonyl (C=O) groups excluding carboxylic acids is 3. The minimum absolute atomic E-state index is 0.356. The van der Waals surface area contributed by atoms with Gasteiger partial charge in [0.1, 0.15) is 12.1 Å². The highest BCUT2D eigenvalue weighted by molar-refractivity contribution is 5.92. The molecule has 138 valence electrons. The number of aliphatic carboxylic acids is 1. The largest absolute Gasteiger partial charge is 0.480 e. The summed E-state index contributed by atoms with van der Waals surface area (Å²) in [5.74, 6) is -2.85. The van der Waals surface area contributed by atoms with Gasteiger partial charge in [0, 0.05) is 0 Å². The van der Waals surface area contributed by atoms with Crippen molar-refractivity contribution < 1.29 is 24.3 Å². The van der Waals surface area contributed by atoms with Gasteiger partial charge in [-0.1, -0.05) is 0 Å². The van der Waals surface area contributed by atoms with Crippen LogP contribution in [0.3, 0.4) is 0 Å². The van der Waals surface area contributed by atoms with Gasteiger partial charge in [-0.15, -0.1) is 0 Å².